The summed E-state index contributed by atoms with van der Waals surface area (Å²) in [6.07, 6.45) is -9.19. The molecule has 0 aliphatic carbocycles. The molecule has 0 atom stereocenters. The van der Waals surface area contributed by atoms with Gasteiger partial charge in [-0.15, -0.1) is 0 Å². The summed E-state index contributed by atoms with van der Waals surface area (Å²) in [5, 5.41) is 0. The Labute approximate surface area is 80.7 Å². The Morgan fingerprint density at radius 3 is 1.93 bits per heavy atom. The van der Waals surface area contributed by atoms with Crippen LogP contribution in [-0.2, 0) is 12.4 Å². The Hall–Kier alpha value is -1.27. The first kappa shape index (κ1) is 11.8. The minimum Gasteiger partial charge on any atom is -0.207 e. The van der Waals surface area contributed by atoms with Gasteiger partial charge in [-0.05, 0) is 13.0 Å². The van der Waals surface area contributed by atoms with E-state index < -0.39 is 23.6 Å². The molecule has 1 heterocycles. The molecule has 0 aliphatic rings. The number of rotatable bonds is 0. The average molecular weight is 230 g/mol. The summed E-state index contributed by atoms with van der Waals surface area (Å²) in [6.45, 7) is 1.27. The topological polar surface area (TPSA) is 14.1 Å². The standard InChI is InChI=1S/C8H5F6N/c1-4-2-5(7(9,10)11)6(15-3-4)8(12,13)14/h2-3H,1H3/p+1. The van der Waals surface area contributed by atoms with E-state index in [1.807, 2.05) is 0 Å². The lowest BCUT2D eigenvalue weighted by molar-refractivity contribution is -0.429. The second-order valence-corrected chi connectivity index (χ2v) is 2.96. The molecular formula is C8H6F6N+. The van der Waals surface area contributed by atoms with Gasteiger partial charge in [-0.1, -0.05) is 0 Å². The number of hydrogen-bond donors (Lipinski definition) is 0. The minimum atomic E-state index is -5.04. The van der Waals surface area contributed by atoms with Gasteiger partial charge >= 0.3 is 12.4 Å². The van der Waals surface area contributed by atoms with Crippen LogP contribution in [0.25, 0.3) is 0 Å². The van der Waals surface area contributed by atoms with E-state index in [2.05, 4.69) is 0 Å². The second kappa shape index (κ2) is 3.39. The molecule has 0 spiro atoms. The maximum absolute atomic E-state index is 12.2. The first-order valence-corrected chi connectivity index (χ1v) is 3.79. The molecule has 1 aromatic heterocycles. The number of pyridine rings is 1. The van der Waals surface area contributed by atoms with E-state index >= 15 is 0 Å². The maximum atomic E-state index is 12.2. The fourth-order valence-electron chi connectivity index (χ4n) is 1.06. The molecular weight excluding hydrogens is 224 g/mol. The molecule has 0 saturated carbocycles. The van der Waals surface area contributed by atoms with Gasteiger partial charge in [0.2, 0.25) is 0 Å². The lowest BCUT2D eigenvalue weighted by Crippen LogP contribution is -2.27. The lowest BCUT2D eigenvalue weighted by atomic mass is 10.1. The predicted molar refractivity (Wildman–Crippen MR) is 37.7 cm³/mol. The molecule has 84 valence electrons. The van der Waals surface area contributed by atoms with E-state index in [1.54, 1.807) is 4.98 Å². The molecule has 1 aromatic rings. The van der Waals surface area contributed by atoms with E-state index in [4.69, 9.17) is 0 Å². The van der Waals surface area contributed by atoms with Gasteiger partial charge in [-0.25, -0.2) is 4.98 Å². The zero-order valence-electron chi connectivity index (χ0n) is 7.42. The molecule has 0 radical (unpaired) electrons. The van der Waals surface area contributed by atoms with Crippen LogP contribution < -0.4 is 4.98 Å². The van der Waals surface area contributed by atoms with E-state index in [0.717, 1.165) is 6.20 Å². The highest BCUT2D eigenvalue weighted by Gasteiger charge is 2.49. The summed E-state index contributed by atoms with van der Waals surface area (Å²) >= 11 is 0. The van der Waals surface area contributed by atoms with Crippen LogP contribution in [-0.4, -0.2) is 0 Å². The van der Waals surface area contributed by atoms with Crippen LogP contribution in [0, 0.1) is 6.92 Å². The highest BCUT2D eigenvalue weighted by atomic mass is 19.4. The van der Waals surface area contributed by atoms with E-state index in [9.17, 15) is 26.3 Å². The highest BCUT2D eigenvalue weighted by Crippen LogP contribution is 2.37. The number of aryl methyl sites for hydroxylation is 1. The van der Waals surface area contributed by atoms with Crippen molar-refractivity contribution in [2.24, 2.45) is 0 Å². The van der Waals surface area contributed by atoms with Gasteiger partial charge in [-0.3, -0.25) is 0 Å². The van der Waals surface area contributed by atoms with Crippen molar-refractivity contribution >= 4 is 0 Å². The molecule has 0 fully saturated rings. The van der Waals surface area contributed by atoms with Gasteiger partial charge in [0.25, 0.3) is 5.69 Å². The first-order chi connectivity index (χ1) is 6.62. The van der Waals surface area contributed by atoms with E-state index in [-0.39, 0.29) is 5.56 Å². The van der Waals surface area contributed by atoms with E-state index in [0.29, 0.717) is 6.07 Å². The molecule has 15 heavy (non-hydrogen) atoms. The van der Waals surface area contributed by atoms with Crippen molar-refractivity contribution in [3.63, 3.8) is 0 Å². The molecule has 0 aromatic carbocycles. The largest absolute Gasteiger partial charge is 0.478 e. The smallest absolute Gasteiger partial charge is 0.207 e. The zero-order chi connectivity index (χ0) is 11.9. The number of alkyl halides is 6. The fraction of sp³-hybridized carbons (Fsp3) is 0.375. The molecule has 1 rings (SSSR count). The Balaban J connectivity index is 3.41. The second-order valence-electron chi connectivity index (χ2n) is 2.96. The summed E-state index contributed by atoms with van der Waals surface area (Å²) in [5.41, 5.74) is -3.40. The van der Waals surface area contributed by atoms with Crippen LogP contribution in [0.2, 0.25) is 0 Å². The van der Waals surface area contributed by atoms with Crippen LogP contribution in [0.5, 0.6) is 0 Å². The molecule has 0 aliphatic heterocycles. The van der Waals surface area contributed by atoms with Gasteiger partial charge in [0, 0.05) is 5.56 Å². The summed E-state index contributed by atoms with van der Waals surface area (Å²) in [5.74, 6) is 0. The first-order valence-electron chi connectivity index (χ1n) is 3.79. The number of nitrogens with one attached hydrogen (secondary N) is 1. The van der Waals surface area contributed by atoms with Crippen molar-refractivity contribution in [2.75, 3.05) is 0 Å². The highest BCUT2D eigenvalue weighted by molar-refractivity contribution is 5.25. The van der Waals surface area contributed by atoms with Crippen molar-refractivity contribution in [3.8, 4) is 0 Å². The van der Waals surface area contributed by atoms with Crippen LogP contribution in [0.1, 0.15) is 16.8 Å². The number of H-pyrrole nitrogens is 1. The van der Waals surface area contributed by atoms with Gasteiger partial charge in [0.15, 0.2) is 6.20 Å². The van der Waals surface area contributed by atoms with Crippen molar-refractivity contribution in [2.45, 2.75) is 19.3 Å². The molecule has 1 nitrogen and oxygen atoms in total. The van der Waals surface area contributed by atoms with Crippen molar-refractivity contribution in [3.05, 3.63) is 29.1 Å². The summed E-state index contributed by atoms with van der Waals surface area (Å²) in [6, 6.07) is 0.458. The summed E-state index contributed by atoms with van der Waals surface area (Å²) in [7, 11) is 0. The Morgan fingerprint density at radius 2 is 1.53 bits per heavy atom. The average Bonchev–Trinajstić information content (AvgIpc) is 2.00. The minimum absolute atomic E-state index is 0.0790. The molecule has 0 saturated heterocycles. The predicted octanol–water partition coefficient (Wildman–Crippen LogP) is 2.85. The molecule has 0 amide bonds. The molecule has 0 bridgehead atoms. The van der Waals surface area contributed by atoms with Crippen molar-refractivity contribution < 1.29 is 31.3 Å². The van der Waals surface area contributed by atoms with Crippen LogP contribution in [0.3, 0.4) is 0 Å². The Kier molecular flexibility index (Phi) is 2.67. The van der Waals surface area contributed by atoms with Crippen molar-refractivity contribution in [1.82, 2.24) is 0 Å². The Morgan fingerprint density at radius 1 is 1.00 bits per heavy atom. The molecule has 7 heteroatoms. The number of aromatic amines is 1. The van der Waals surface area contributed by atoms with Gasteiger partial charge in [0.1, 0.15) is 5.56 Å². The third-order valence-electron chi connectivity index (χ3n) is 1.67. The SMILES string of the molecule is Cc1c[nH+]c(C(F)(F)F)c(C(F)(F)F)c1. The normalized spacial score (nSPS) is 13.0. The Bertz CT molecular complexity index is 364. The summed E-state index contributed by atoms with van der Waals surface area (Å²) < 4.78 is 73.3. The van der Waals surface area contributed by atoms with Gasteiger partial charge in [0.05, 0.1) is 0 Å². The fourth-order valence-corrected chi connectivity index (χ4v) is 1.06. The molecule has 0 unspecified atom stereocenters. The van der Waals surface area contributed by atoms with Crippen LogP contribution in [0.4, 0.5) is 26.3 Å². The number of aromatic nitrogens is 1. The van der Waals surface area contributed by atoms with E-state index in [1.165, 1.54) is 6.92 Å². The summed E-state index contributed by atoms with van der Waals surface area (Å²) in [4.78, 5) is 1.61. The monoisotopic (exact) mass is 230 g/mol. The third-order valence-corrected chi connectivity index (χ3v) is 1.67. The van der Waals surface area contributed by atoms with Gasteiger partial charge < -0.3 is 0 Å². The van der Waals surface area contributed by atoms with Gasteiger partial charge in [-0.2, -0.15) is 26.3 Å². The molecule has 1 N–H and O–H groups in total. The zero-order valence-corrected chi connectivity index (χ0v) is 7.42. The third kappa shape index (κ3) is 2.60. The number of halogens is 6. The quantitative estimate of drug-likeness (QED) is 0.608. The number of hydrogen-bond acceptors (Lipinski definition) is 0. The lowest BCUT2D eigenvalue weighted by Gasteiger charge is -2.10. The maximum Gasteiger partial charge on any atom is 0.478 e. The van der Waals surface area contributed by atoms with Crippen LogP contribution >= 0.6 is 0 Å². The van der Waals surface area contributed by atoms with Crippen LogP contribution in [0.15, 0.2) is 12.3 Å². The van der Waals surface area contributed by atoms with Crippen molar-refractivity contribution in [1.29, 1.82) is 0 Å².